The Hall–Kier alpha value is -2.45. The maximum atomic E-state index is 12.4. The molecule has 0 unspecified atom stereocenters. The molecular weight excluding hydrogens is 356 g/mol. The third kappa shape index (κ3) is 4.39. The summed E-state index contributed by atoms with van der Waals surface area (Å²) in [7, 11) is 3.08. The number of carbonyl (C=O) groups is 2. The summed E-state index contributed by atoms with van der Waals surface area (Å²) in [4.78, 5) is 36.4. The summed E-state index contributed by atoms with van der Waals surface area (Å²) in [6.45, 7) is 4.20. The van der Waals surface area contributed by atoms with E-state index in [1.165, 1.54) is 18.6 Å². The number of aromatic nitrogens is 1. The van der Waals surface area contributed by atoms with Gasteiger partial charge in [-0.15, -0.1) is 0 Å². The molecule has 0 radical (unpaired) electrons. The summed E-state index contributed by atoms with van der Waals surface area (Å²) < 4.78 is 11.7. The Morgan fingerprint density at radius 2 is 2.00 bits per heavy atom. The van der Waals surface area contributed by atoms with Gasteiger partial charge in [-0.2, -0.15) is 0 Å². The number of amides is 1. The van der Waals surface area contributed by atoms with Crippen LogP contribution >= 0.6 is 11.3 Å². The van der Waals surface area contributed by atoms with E-state index in [4.69, 9.17) is 9.47 Å². The first-order valence-electron chi connectivity index (χ1n) is 8.04. The quantitative estimate of drug-likeness (QED) is 0.560. The number of thiazole rings is 1. The van der Waals surface area contributed by atoms with E-state index >= 15 is 0 Å². The second kappa shape index (κ2) is 8.77. The molecule has 1 N–H and O–H groups in total. The first-order chi connectivity index (χ1) is 12.4. The lowest BCUT2D eigenvalue weighted by atomic mass is 10.1. The van der Waals surface area contributed by atoms with Crippen LogP contribution in [-0.4, -0.2) is 43.6 Å². The van der Waals surface area contributed by atoms with Crippen LogP contribution in [0.15, 0.2) is 23.0 Å². The van der Waals surface area contributed by atoms with Crippen molar-refractivity contribution >= 4 is 23.0 Å². The molecule has 1 heterocycles. The van der Waals surface area contributed by atoms with Gasteiger partial charge in [0.15, 0.2) is 5.78 Å². The van der Waals surface area contributed by atoms with E-state index in [1.54, 1.807) is 32.2 Å². The molecule has 1 aromatic carbocycles. The van der Waals surface area contributed by atoms with E-state index in [0.29, 0.717) is 40.6 Å². The second-order valence-electron chi connectivity index (χ2n) is 5.70. The highest BCUT2D eigenvalue weighted by Crippen LogP contribution is 2.23. The molecule has 0 aliphatic carbocycles. The Morgan fingerprint density at radius 1 is 1.27 bits per heavy atom. The van der Waals surface area contributed by atoms with Gasteiger partial charge in [0.2, 0.25) is 0 Å². The van der Waals surface area contributed by atoms with Gasteiger partial charge in [0.25, 0.3) is 5.91 Å². The summed E-state index contributed by atoms with van der Waals surface area (Å²) in [5.41, 5.74) is 1.82. The van der Waals surface area contributed by atoms with Crippen LogP contribution in [0.4, 0.5) is 0 Å². The minimum Gasteiger partial charge on any atom is -0.496 e. The number of hydrogen-bond acceptors (Lipinski definition) is 6. The molecule has 1 amide bonds. The lowest BCUT2D eigenvalue weighted by molar-refractivity contribution is 0.0939. The first kappa shape index (κ1) is 19.9. The molecule has 1 aromatic heterocycles. The zero-order chi connectivity index (χ0) is 19.3. The standard InChI is InChI=1S/C18H22N2O5S/c1-11-16(17(22)19-7-8-24-3)26-18(23)20(11)10-14-9-13(12(2)21)5-6-15(14)25-4/h5-6,9H,7-8,10H2,1-4H3,(H,19,22). The summed E-state index contributed by atoms with van der Waals surface area (Å²) in [6, 6.07) is 5.10. The van der Waals surface area contributed by atoms with Gasteiger partial charge >= 0.3 is 4.87 Å². The smallest absolute Gasteiger partial charge is 0.308 e. The van der Waals surface area contributed by atoms with E-state index in [-0.39, 0.29) is 23.1 Å². The van der Waals surface area contributed by atoms with Gasteiger partial charge in [0, 0.05) is 30.5 Å². The summed E-state index contributed by atoms with van der Waals surface area (Å²) in [5, 5.41) is 2.72. The van der Waals surface area contributed by atoms with Crippen LogP contribution in [0.3, 0.4) is 0 Å². The molecule has 2 aromatic rings. The summed E-state index contributed by atoms with van der Waals surface area (Å²) in [6.07, 6.45) is 0. The van der Waals surface area contributed by atoms with Gasteiger partial charge in [-0.05, 0) is 32.0 Å². The van der Waals surface area contributed by atoms with Crippen LogP contribution in [0.1, 0.15) is 38.2 Å². The number of carbonyl (C=O) groups excluding carboxylic acids is 2. The lowest BCUT2D eigenvalue weighted by Crippen LogP contribution is -2.27. The van der Waals surface area contributed by atoms with Crippen molar-refractivity contribution in [1.82, 2.24) is 9.88 Å². The SMILES string of the molecule is COCCNC(=O)c1sc(=O)n(Cc2cc(C(C)=O)ccc2OC)c1C. The number of nitrogens with one attached hydrogen (secondary N) is 1. The molecule has 0 aliphatic rings. The van der Waals surface area contributed by atoms with Gasteiger partial charge in [0.05, 0.1) is 20.3 Å². The Kier molecular flexibility index (Phi) is 6.70. The number of benzene rings is 1. The fourth-order valence-electron chi connectivity index (χ4n) is 2.51. The Bertz CT molecular complexity index is 869. The third-order valence-electron chi connectivity index (χ3n) is 3.96. The molecule has 7 nitrogen and oxygen atoms in total. The molecule has 0 spiro atoms. The summed E-state index contributed by atoms with van der Waals surface area (Å²) in [5.74, 6) is 0.213. The number of rotatable bonds is 8. The van der Waals surface area contributed by atoms with E-state index in [2.05, 4.69) is 5.32 Å². The monoisotopic (exact) mass is 378 g/mol. The average molecular weight is 378 g/mol. The molecular formula is C18H22N2O5S. The van der Waals surface area contributed by atoms with Gasteiger partial charge in [-0.25, -0.2) is 0 Å². The normalized spacial score (nSPS) is 10.6. The number of ether oxygens (including phenoxy) is 2. The molecule has 0 fully saturated rings. The fraction of sp³-hybridized carbons (Fsp3) is 0.389. The van der Waals surface area contributed by atoms with Crippen LogP contribution in [0.2, 0.25) is 0 Å². The average Bonchev–Trinajstić information content (AvgIpc) is 2.90. The predicted molar refractivity (Wildman–Crippen MR) is 99.6 cm³/mol. The minimum atomic E-state index is -0.301. The molecule has 8 heteroatoms. The molecule has 140 valence electrons. The maximum Gasteiger partial charge on any atom is 0.308 e. The largest absolute Gasteiger partial charge is 0.496 e. The minimum absolute atomic E-state index is 0.0681. The van der Waals surface area contributed by atoms with Crippen LogP contribution in [0, 0.1) is 6.92 Å². The van der Waals surface area contributed by atoms with Crippen LogP contribution in [-0.2, 0) is 11.3 Å². The number of Topliss-reactive ketones (excluding diaryl/α,β-unsaturated/α-hetero) is 1. The Balaban J connectivity index is 2.33. The molecule has 26 heavy (non-hydrogen) atoms. The molecule has 2 rings (SSSR count). The van der Waals surface area contributed by atoms with E-state index in [9.17, 15) is 14.4 Å². The zero-order valence-electron chi connectivity index (χ0n) is 15.3. The van der Waals surface area contributed by atoms with Crippen molar-refractivity contribution in [2.45, 2.75) is 20.4 Å². The van der Waals surface area contributed by atoms with E-state index < -0.39 is 0 Å². The number of methoxy groups -OCH3 is 2. The number of nitrogens with zero attached hydrogens (tertiary/aromatic N) is 1. The van der Waals surface area contributed by atoms with Crippen LogP contribution in [0.25, 0.3) is 0 Å². The molecule has 0 bridgehead atoms. The van der Waals surface area contributed by atoms with E-state index in [0.717, 1.165) is 11.3 Å². The zero-order valence-corrected chi connectivity index (χ0v) is 16.1. The van der Waals surface area contributed by atoms with Crippen molar-refractivity contribution in [3.63, 3.8) is 0 Å². The van der Waals surface area contributed by atoms with Gasteiger partial charge in [-0.3, -0.25) is 19.0 Å². The number of ketones is 1. The lowest BCUT2D eigenvalue weighted by Gasteiger charge is -2.12. The van der Waals surface area contributed by atoms with Crippen LogP contribution < -0.4 is 14.9 Å². The van der Waals surface area contributed by atoms with Crippen molar-refractivity contribution in [2.24, 2.45) is 0 Å². The summed E-state index contributed by atoms with van der Waals surface area (Å²) >= 11 is 0.897. The second-order valence-corrected chi connectivity index (χ2v) is 6.66. The molecule has 0 saturated carbocycles. The van der Waals surface area contributed by atoms with Gasteiger partial charge in [-0.1, -0.05) is 11.3 Å². The highest BCUT2D eigenvalue weighted by atomic mass is 32.1. The third-order valence-corrected chi connectivity index (χ3v) is 5.04. The van der Waals surface area contributed by atoms with Crippen molar-refractivity contribution < 1.29 is 19.1 Å². The Morgan fingerprint density at radius 3 is 2.62 bits per heavy atom. The van der Waals surface area contributed by atoms with Gasteiger partial charge < -0.3 is 14.8 Å². The fourth-order valence-corrected chi connectivity index (χ4v) is 3.42. The van der Waals surface area contributed by atoms with Gasteiger partial charge in [0.1, 0.15) is 10.6 Å². The number of hydrogen-bond donors (Lipinski definition) is 1. The van der Waals surface area contributed by atoms with Crippen molar-refractivity contribution in [3.05, 3.63) is 49.6 Å². The molecule has 0 atom stereocenters. The Labute approximate surface area is 155 Å². The first-order valence-corrected chi connectivity index (χ1v) is 8.85. The van der Waals surface area contributed by atoms with Crippen molar-refractivity contribution in [1.29, 1.82) is 0 Å². The molecule has 0 saturated heterocycles. The highest BCUT2D eigenvalue weighted by molar-refractivity contribution is 7.11. The highest BCUT2D eigenvalue weighted by Gasteiger charge is 2.19. The predicted octanol–water partition coefficient (Wildman–Crippen LogP) is 1.85. The molecule has 0 aliphatic heterocycles. The van der Waals surface area contributed by atoms with Crippen molar-refractivity contribution in [2.75, 3.05) is 27.4 Å². The maximum absolute atomic E-state index is 12.4. The van der Waals surface area contributed by atoms with E-state index in [1.807, 2.05) is 0 Å². The topological polar surface area (TPSA) is 86.6 Å². The van der Waals surface area contributed by atoms with Crippen LogP contribution in [0.5, 0.6) is 5.75 Å². The van der Waals surface area contributed by atoms with Crippen molar-refractivity contribution in [3.8, 4) is 5.75 Å².